The van der Waals surface area contributed by atoms with Gasteiger partial charge in [-0.1, -0.05) is 19.8 Å². The van der Waals surface area contributed by atoms with Crippen molar-refractivity contribution in [2.75, 3.05) is 18.6 Å². The molecule has 0 aromatic rings. The Balaban J connectivity index is 2.68. The van der Waals surface area contributed by atoms with Crippen LogP contribution in [0, 0.1) is 5.92 Å². The molecule has 1 heterocycles. The second kappa shape index (κ2) is 6.50. The molecular weight excluding hydrogens is 224 g/mol. The Bertz CT molecular complexity index is 224. The van der Waals surface area contributed by atoms with E-state index >= 15 is 0 Å². The molecule has 1 saturated heterocycles. The number of methoxy groups -OCH3 is 1. The largest absolute Gasteiger partial charge is 0.469 e. The lowest BCUT2D eigenvalue weighted by Gasteiger charge is -2.37. The molecule has 1 aliphatic heterocycles. The van der Waals surface area contributed by atoms with E-state index in [9.17, 15) is 9.90 Å². The number of rotatable bonds is 5. The van der Waals surface area contributed by atoms with Gasteiger partial charge in [-0.15, -0.1) is 0 Å². The van der Waals surface area contributed by atoms with Crippen molar-refractivity contribution in [3.63, 3.8) is 0 Å². The predicted molar refractivity (Wildman–Crippen MR) is 66.5 cm³/mol. The summed E-state index contributed by atoms with van der Waals surface area (Å²) in [4.78, 5) is 11.7. The van der Waals surface area contributed by atoms with Crippen molar-refractivity contribution in [1.29, 1.82) is 0 Å². The highest BCUT2D eigenvalue weighted by atomic mass is 32.2. The molecule has 3 nitrogen and oxygen atoms in total. The van der Waals surface area contributed by atoms with Crippen molar-refractivity contribution in [2.24, 2.45) is 5.92 Å². The van der Waals surface area contributed by atoms with Gasteiger partial charge in [0.25, 0.3) is 0 Å². The average molecular weight is 246 g/mol. The zero-order chi connectivity index (χ0) is 12.0. The van der Waals surface area contributed by atoms with E-state index in [0.29, 0.717) is 5.75 Å². The van der Waals surface area contributed by atoms with Crippen LogP contribution in [-0.2, 0) is 9.53 Å². The molecular formula is C12H22O3S. The fourth-order valence-corrected chi connectivity index (χ4v) is 3.42. The van der Waals surface area contributed by atoms with E-state index in [2.05, 4.69) is 6.92 Å². The first-order valence-corrected chi connectivity index (χ1v) is 7.17. The Labute approximate surface area is 102 Å². The Morgan fingerprint density at radius 1 is 1.62 bits per heavy atom. The summed E-state index contributed by atoms with van der Waals surface area (Å²) in [5.41, 5.74) is -0.842. The number of carbonyl (C=O) groups excluding carboxylic acids is 1. The van der Waals surface area contributed by atoms with E-state index in [1.807, 2.05) is 0 Å². The molecule has 2 atom stereocenters. The molecule has 1 N–H and O–H groups in total. The van der Waals surface area contributed by atoms with Crippen LogP contribution in [0.25, 0.3) is 0 Å². The van der Waals surface area contributed by atoms with Crippen LogP contribution in [0.4, 0.5) is 0 Å². The zero-order valence-electron chi connectivity index (χ0n) is 10.2. The summed E-state index contributed by atoms with van der Waals surface area (Å²) in [6.07, 6.45) is 4.45. The first kappa shape index (κ1) is 13.8. The van der Waals surface area contributed by atoms with Gasteiger partial charge in [0, 0.05) is 5.75 Å². The van der Waals surface area contributed by atoms with Gasteiger partial charge in [-0.25, -0.2) is 0 Å². The van der Waals surface area contributed by atoms with E-state index in [-0.39, 0.29) is 11.9 Å². The van der Waals surface area contributed by atoms with Gasteiger partial charge in [-0.2, -0.15) is 11.8 Å². The van der Waals surface area contributed by atoms with Crippen LogP contribution in [0.5, 0.6) is 0 Å². The topological polar surface area (TPSA) is 46.5 Å². The Kier molecular flexibility index (Phi) is 5.62. The molecule has 0 aromatic carbocycles. The third-order valence-corrected chi connectivity index (χ3v) is 4.51. The number of hydrogen-bond acceptors (Lipinski definition) is 4. The molecule has 0 bridgehead atoms. The average Bonchev–Trinajstić information content (AvgIpc) is 2.30. The lowest BCUT2D eigenvalue weighted by molar-refractivity contribution is -0.155. The maximum Gasteiger partial charge on any atom is 0.311 e. The second-order valence-corrected chi connectivity index (χ2v) is 5.58. The zero-order valence-corrected chi connectivity index (χ0v) is 11.0. The van der Waals surface area contributed by atoms with Gasteiger partial charge >= 0.3 is 5.97 Å². The van der Waals surface area contributed by atoms with Gasteiger partial charge in [0.15, 0.2) is 0 Å². The molecule has 1 aliphatic rings. The fraction of sp³-hybridized carbons (Fsp3) is 0.917. The number of carbonyl (C=O) groups is 1. The number of unbranched alkanes of at least 4 members (excludes halogenated alkanes) is 1. The fourth-order valence-electron chi connectivity index (χ4n) is 2.23. The summed E-state index contributed by atoms with van der Waals surface area (Å²) in [5.74, 6) is 1.16. The van der Waals surface area contributed by atoms with E-state index in [1.165, 1.54) is 7.11 Å². The Morgan fingerprint density at radius 3 is 2.88 bits per heavy atom. The van der Waals surface area contributed by atoms with Crippen molar-refractivity contribution < 1.29 is 14.6 Å². The highest BCUT2D eigenvalue weighted by Gasteiger charge is 2.42. The highest BCUT2D eigenvalue weighted by molar-refractivity contribution is 7.99. The number of aliphatic hydroxyl groups is 1. The van der Waals surface area contributed by atoms with Gasteiger partial charge < -0.3 is 9.84 Å². The molecule has 0 spiro atoms. The normalized spacial score (nSPS) is 27.4. The minimum absolute atomic E-state index is 0.251. The van der Waals surface area contributed by atoms with Crippen LogP contribution in [-0.4, -0.2) is 35.3 Å². The number of ether oxygens (including phenoxy) is 1. The number of hydrogen-bond donors (Lipinski definition) is 1. The maximum absolute atomic E-state index is 11.7. The highest BCUT2D eigenvalue weighted by Crippen LogP contribution is 2.36. The summed E-state index contributed by atoms with van der Waals surface area (Å²) >= 11 is 1.73. The Hall–Kier alpha value is -0.220. The molecule has 94 valence electrons. The van der Waals surface area contributed by atoms with Crippen molar-refractivity contribution in [3.8, 4) is 0 Å². The molecule has 0 aliphatic carbocycles. The van der Waals surface area contributed by atoms with Gasteiger partial charge in [0.05, 0.1) is 18.6 Å². The Morgan fingerprint density at radius 2 is 2.38 bits per heavy atom. The van der Waals surface area contributed by atoms with Crippen LogP contribution in [0.15, 0.2) is 0 Å². The van der Waals surface area contributed by atoms with Crippen LogP contribution in [0.1, 0.15) is 39.0 Å². The van der Waals surface area contributed by atoms with Crippen molar-refractivity contribution in [3.05, 3.63) is 0 Å². The smallest absolute Gasteiger partial charge is 0.311 e. The molecule has 1 fully saturated rings. The number of esters is 1. The summed E-state index contributed by atoms with van der Waals surface area (Å²) in [5, 5.41) is 10.5. The van der Waals surface area contributed by atoms with E-state index in [4.69, 9.17) is 4.74 Å². The van der Waals surface area contributed by atoms with Gasteiger partial charge in [0.1, 0.15) is 0 Å². The van der Waals surface area contributed by atoms with Gasteiger partial charge in [-0.3, -0.25) is 4.79 Å². The van der Waals surface area contributed by atoms with Crippen LogP contribution in [0.2, 0.25) is 0 Å². The van der Waals surface area contributed by atoms with Crippen LogP contribution in [0.3, 0.4) is 0 Å². The lowest BCUT2D eigenvalue weighted by Crippen LogP contribution is -2.47. The van der Waals surface area contributed by atoms with Crippen molar-refractivity contribution >= 4 is 17.7 Å². The van der Waals surface area contributed by atoms with Gasteiger partial charge in [-0.05, 0) is 25.0 Å². The van der Waals surface area contributed by atoms with Crippen LogP contribution >= 0.6 is 11.8 Å². The molecule has 0 aromatic heterocycles. The quantitative estimate of drug-likeness (QED) is 0.756. The minimum atomic E-state index is -0.842. The van der Waals surface area contributed by atoms with E-state index in [1.54, 1.807) is 11.8 Å². The summed E-state index contributed by atoms with van der Waals surface area (Å²) in [6.45, 7) is 2.09. The second-order valence-electron chi connectivity index (χ2n) is 4.48. The number of thioether (sulfide) groups is 1. The lowest BCUT2D eigenvalue weighted by atomic mass is 9.81. The third-order valence-electron chi connectivity index (χ3n) is 3.23. The first-order chi connectivity index (χ1) is 7.64. The van der Waals surface area contributed by atoms with E-state index in [0.717, 1.165) is 37.9 Å². The molecule has 0 radical (unpaired) electrons. The molecule has 0 saturated carbocycles. The molecule has 16 heavy (non-hydrogen) atoms. The summed E-state index contributed by atoms with van der Waals surface area (Å²) in [6, 6.07) is 0. The first-order valence-electron chi connectivity index (χ1n) is 6.02. The predicted octanol–water partition coefficient (Wildman–Crippen LogP) is 2.22. The third kappa shape index (κ3) is 3.39. The van der Waals surface area contributed by atoms with Gasteiger partial charge in [0.2, 0.25) is 0 Å². The molecule has 2 unspecified atom stereocenters. The minimum Gasteiger partial charge on any atom is -0.469 e. The monoisotopic (exact) mass is 246 g/mol. The molecule has 4 heteroatoms. The van der Waals surface area contributed by atoms with Crippen molar-refractivity contribution in [2.45, 2.75) is 44.6 Å². The van der Waals surface area contributed by atoms with E-state index < -0.39 is 5.60 Å². The maximum atomic E-state index is 11.7. The molecule has 1 rings (SSSR count). The SMILES string of the molecule is CCCCC(C(=O)OC)C1(O)CCCSC1. The standard InChI is InChI=1S/C12H22O3S/c1-3-4-6-10(11(13)15-2)12(14)7-5-8-16-9-12/h10,14H,3-9H2,1-2H3. The summed E-state index contributed by atoms with van der Waals surface area (Å²) in [7, 11) is 1.40. The summed E-state index contributed by atoms with van der Waals surface area (Å²) < 4.78 is 4.82. The van der Waals surface area contributed by atoms with Crippen LogP contribution < -0.4 is 0 Å². The molecule has 0 amide bonds. The van der Waals surface area contributed by atoms with Crippen molar-refractivity contribution in [1.82, 2.24) is 0 Å².